The number of nitrogens with one attached hydrogen (secondary N) is 1. The minimum absolute atomic E-state index is 0.146. The van der Waals surface area contributed by atoms with Crippen LogP contribution in [-0.2, 0) is 0 Å². The van der Waals surface area contributed by atoms with Gasteiger partial charge in [0.25, 0.3) is 0 Å². The fourth-order valence-corrected chi connectivity index (χ4v) is 2.77. The van der Waals surface area contributed by atoms with Crippen LogP contribution in [0.15, 0.2) is 0 Å². The van der Waals surface area contributed by atoms with Crippen LogP contribution in [0.2, 0.25) is 0 Å². The molecule has 0 saturated heterocycles. The molecule has 0 radical (unpaired) electrons. The molecule has 2 saturated carbocycles. The Morgan fingerprint density at radius 1 is 1.29 bits per heavy atom. The van der Waals surface area contributed by atoms with E-state index in [1.54, 1.807) is 0 Å². The molecule has 0 aromatic heterocycles. The van der Waals surface area contributed by atoms with Gasteiger partial charge in [-0.05, 0) is 43.9 Å². The summed E-state index contributed by atoms with van der Waals surface area (Å²) >= 11 is 0. The second kappa shape index (κ2) is 3.49. The Balaban J connectivity index is 1.72. The summed E-state index contributed by atoms with van der Waals surface area (Å²) in [6.45, 7) is 5.78. The Hall–Kier alpha value is -0.0800. The van der Waals surface area contributed by atoms with Gasteiger partial charge in [-0.2, -0.15) is 0 Å². The van der Waals surface area contributed by atoms with Crippen LogP contribution in [0.5, 0.6) is 0 Å². The third kappa shape index (κ3) is 2.29. The van der Waals surface area contributed by atoms with E-state index < -0.39 is 0 Å². The number of rotatable bonds is 3. The highest BCUT2D eigenvalue weighted by atomic mass is 15.0. The van der Waals surface area contributed by atoms with E-state index in [1.807, 2.05) is 0 Å². The highest BCUT2D eigenvalue weighted by Crippen LogP contribution is 2.37. The van der Waals surface area contributed by atoms with Crippen molar-refractivity contribution in [1.82, 2.24) is 5.32 Å². The molecule has 82 valence electrons. The molecule has 2 rings (SSSR count). The van der Waals surface area contributed by atoms with Crippen LogP contribution < -0.4 is 11.1 Å². The van der Waals surface area contributed by atoms with Crippen molar-refractivity contribution in [1.29, 1.82) is 0 Å². The monoisotopic (exact) mass is 196 g/mol. The average Bonchev–Trinajstić information content (AvgIpc) is 2.39. The fraction of sp³-hybridized carbons (Fsp3) is 1.00. The van der Waals surface area contributed by atoms with Gasteiger partial charge < -0.3 is 11.1 Å². The Morgan fingerprint density at radius 2 is 2.00 bits per heavy atom. The smallest absolute Gasteiger partial charge is 0.0280 e. The fourth-order valence-electron chi connectivity index (χ4n) is 2.77. The normalized spacial score (nSPS) is 34.1. The van der Waals surface area contributed by atoms with Gasteiger partial charge in [-0.15, -0.1) is 0 Å². The predicted molar refractivity (Wildman–Crippen MR) is 60.2 cm³/mol. The molecule has 14 heavy (non-hydrogen) atoms. The van der Waals surface area contributed by atoms with E-state index in [4.69, 9.17) is 5.73 Å². The second-order valence-electron chi connectivity index (χ2n) is 6.20. The predicted octanol–water partition coefficient (Wildman–Crippen LogP) is 2.04. The Labute approximate surface area is 87.6 Å². The minimum Gasteiger partial charge on any atom is -0.324 e. The molecule has 2 aliphatic carbocycles. The first-order chi connectivity index (χ1) is 6.49. The molecule has 0 amide bonds. The summed E-state index contributed by atoms with van der Waals surface area (Å²) in [6.07, 6.45) is 7.79. The molecule has 0 spiro atoms. The number of nitrogens with two attached hydrogens (primary N) is 1. The minimum atomic E-state index is 0.146. The molecule has 2 heteroatoms. The van der Waals surface area contributed by atoms with Crippen LogP contribution >= 0.6 is 0 Å². The van der Waals surface area contributed by atoms with Crippen LogP contribution in [-0.4, -0.2) is 18.1 Å². The van der Waals surface area contributed by atoms with Gasteiger partial charge in [-0.3, -0.25) is 0 Å². The summed E-state index contributed by atoms with van der Waals surface area (Å²) < 4.78 is 0. The van der Waals surface area contributed by atoms with Crippen LogP contribution in [0, 0.1) is 5.41 Å². The van der Waals surface area contributed by atoms with Crippen molar-refractivity contribution in [3.8, 4) is 0 Å². The van der Waals surface area contributed by atoms with Crippen LogP contribution in [0.25, 0.3) is 0 Å². The van der Waals surface area contributed by atoms with Crippen LogP contribution in [0.1, 0.15) is 52.4 Å². The molecular weight excluding hydrogens is 172 g/mol. The van der Waals surface area contributed by atoms with Gasteiger partial charge >= 0.3 is 0 Å². The molecule has 2 fully saturated rings. The molecule has 2 nitrogen and oxygen atoms in total. The van der Waals surface area contributed by atoms with Crippen molar-refractivity contribution < 1.29 is 0 Å². The third-order valence-electron chi connectivity index (χ3n) is 4.06. The maximum Gasteiger partial charge on any atom is 0.0280 e. The standard InChI is InChI=1S/C12H24N2/c1-11(2)7-4-10(8-11)14-9-12(13)5-3-6-12/h10,14H,3-9,13H2,1-2H3. The van der Waals surface area contributed by atoms with E-state index in [2.05, 4.69) is 19.2 Å². The second-order valence-corrected chi connectivity index (χ2v) is 6.20. The molecule has 1 atom stereocenters. The van der Waals surface area contributed by atoms with E-state index in [9.17, 15) is 0 Å². The van der Waals surface area contributed by atoms with Crippen molar-refractivity contribution in [3.05, 3.63) is 0 Å². The molecule has 0 bridgehead atoms. The summed E-state index contributed by atoms with van der Waals surface area (Å²) in [6, 6.07) is 0.728. The summed E-state index contributed by atoms with van der Waals surface area (Å²) in [4.78, 5) is 0. The summed E-state index contributed by atoms with van der Waals surface area (Å²) in [5.41, 5.74) is 6.89. The lowest BCUT2D eigenvalue weighted by Crippen LogP contribution is -2.55. The zero-order valence-corrected chi connectivity index (χ0v) is 9.60. The average molecular weight is 196 g/mol. The van der Waals surface area contributed by atoms with E-state index in [1.165, 1.54) is 38.5 Å². The molecule has 0 aromatic rings. The zero-order valence-electron chi connectivity index (χ0n) is 9.60. The Morgan fingerprint density at radius 3 is 2.43 bits per heavy atom. The summed E-state index contributed by atoms with van der Waals surface area (Å²) in [7, 11) is 0. The Kier molecular flexibility index (Phi) is 2.61. The molecule has 0 heterocycles. The van der Waals surface area contributed by atoms with Crippen molar-refractivity contribution in [2.45, 2.75) is 64.0 Å². The van der Waals surface area contributed by atoms with E-state index >= 15 is 0 Å². The van der Waals surface area contributed by atoms with Crippen molar-refractivity contribution in [3.63, 3.8) is 0 Å². The topological polar surface area (TPSA) is 38.0 Å². The van der Waals surface area contributed by atoms with Gasteiger partial charge in [0.2, 0.25) is 0 Å². The first-order valence-electron chi connectivity index (χ1n) is 6.02. The first-order valence-corrected chi connectivity index (χ1v) is 6.02. The van der Waals surface area contributed by atoms with Crippen molar-refractivity contribution in [2.75, 3.05) is 6.54 Å². The Bertz CT molecular complexity index is 206. The van der Waals surface area contributed by atoms with Gasteiger partial charge in [0.1, 0.15) is 0 Å². The van der Waals surface area contributed by atoms with Gasteiger partial charge in [0, 0.05) is 18.1 Å². The van der Waals surface area contributed by atoms with E-state index in [-0.39, 0.29) is 5.54 Å². The SMILES string of the molecule is CC1(C)CCC(NCC2(N)CCC2)C1. The first kappa shape index (κ1) is 10.4. The lowest BCUT2D eigenvalue weighted by atomic mass is 9.77. The molecule has 3 N–H and O–H groups in total. The lowest BCUT2D eigenvalue weighted by molar-refractivity contribution is 0.228. The summed E-state index contributed by atoms with van der Waals surface area (Å²) in [5, 5.41) is 3.65. The third-order valence-corrected chi connectivity index (χ3v) is 4.06. The van der Waals surface area contributed by atoms with Gasteiger partial charge in [-0.1, -0.05) is 13.8 Å². The van der Waals surface area contributed by atoms with Gasteiger partial charge in [0.05, 0.1) is 0 Å². The quantitative estimate of drug-likeness (QED) is 0.725. The van der Waals surface area contributed by atoms with Crippen molar-refractivity contribution >= 4 is 0 Å². The van der Waals surface area contributed by atoms with Crippen LogP contribution in [0.4, 0.5) is 0 Å². The number of hydrogen-bond acceptors (Lipinski definition) is 2. The van der Waals surface area contributed by atoms with Gasteiger partial charge in [0.15, 0.2) is 0 Å². The maximum absolute atomic E-state index is 6.19. The van der Waals surface area contributed by atoms with E-state index in [0.29, 0.717) is 5.41 Å². The molecule has 2 aliphatic rings. The highest BCUT2D eigenvalue weighted by molar-refractivity contribution is 4.96. The molecular formula is C12H24N2. The van der Waals surface area contributed by atoms with Crippen molar-refractivity contribution in [2.24, 2.45) is 11.1 Å². The molecule has 1 unspecified atom stereocenters. The largest absolute Gasteiger partial charge is 0.324 e. The summed E-state index contributed by atoms with van der Waals surface area (Å²) in [5.74, 6) is 0. The number of hydrogen-bond donors (Lipinski definition) is 2. The maximum atomic E-state index is 6.19. The van der Waals surface area contributed by atoms with Gasteiger partial charge in [-0.25, -0.2) is 0 Å². The lowest BCUT2D eigenvalue weighted by Gasteiger charge is -2.39. The zero-order chi connectivity index (χ0) is 10.2. The van der Waals surface area contributed by atoms with Crippen LogP contribution in [0.3, 0.4) is 0 Å². The van der Waals surface area contributed by atoms with E-state index in [0.717, 1.165) is 12.6 Å². The highest BCUT2D eigenvalue weighted by Gasteiger charge is 2.35. The molecule has 0 aromatic carbocycles. The molecule has 0 aliphatic heterocycles.